The van der Waals surface area contributed by atoms with E-state index in [2.05, 4.69) is 29.9 Å². The predicted molar refractivity (Wildman–Crippen MR) is 111 cm³/mol. The van der Waals surface area contributed by atoms with Crippen molar-refractivity contribution >= 4 is 36.3 Å². The SMILES string of the molecule is C[Si](C)(C)CCOCn1ncc2c(N=O)c(Oc3ccccc3Cl)ccc21. The van der Waals surface area contributed by atoms with Crippen LogP contribution in [0.2, 0.25) is 30.7 Å². The maximum Gasteiger partial charge on any atom is 0.161 e. The molecular weight excluding hydrogens is 382 g/mol. The Morgan fingerprint density at radius 2 is 1.93 bits per heavy atom. The third kappa shape index (κ3) is 4.74. The van der Waals surface area contributed by atoms with E-state index in [-0.39, 0.29) is 5.69 Å². The van der Waals surface area contributed by atoms with Crippen molar-refractivity contribution in [3.05, 3.63) is 52.5 Å². The highest BCUT2D eigenvalue weighted by Crippen LogP contribution is 2.39. The van der Waals surface area contributed by atoms with E-state index in [0.717, 1.165) is 11.6 Å². The van der Waals surface area contributed by atoms with Gasteiger partial charge in [-0.2, -0.15) is 5.10 Å². The van der Waals surface area contributed by atoms with Gasteiger partial charge >= 0.3 is 0 Å². The third-order valence-electron chi connectivity index (χ3n) is 4.12. The van der Waals surface area contributed by atoms with E-state index in [1.165, 1.54) is 0 Å². The maximum absolute atomic E-state index is 11.5. The van der Waals surface area contributed by atoms with Gasteiger partial charge < -0.3 is 9.47 Å². The zero-order chi connectivity index (χ0) is 19.4. The van der Waals surface area contributed by atoms with Crippen molar-refractivity contribution in [1.82, 2.24) is 9.78 Å². The molecule has 0 bridgehead atoms. The number of rotatable bonds is 8. The maximum atomic E-state index is 11.5. The molecule has 3 rings (SSSR count). The zero-order valence-electron chi connectivity index (χ0n) is 15.6. The molecule has 3 aromatic rings. The molecule has 0 saturated heterocycles. The van der Waals surface area contributed by atoms with Crippen LogP contribution in [0.15, 0.2) is 47.8 Å². The fourth-order valence-electron chi connectivity index (χ4n) is 2.57. The molecule has 0 fully saturated rings. The summed E-state index contributed by atoms with van der Waals surface area (Å²) in [5.74, 6) is 0.801. The van der Waals surface area contributed by atoms with Crippen LogP contribution < -0.4 is 4.74 Å². The van der Waals surface area contributed by atoms with Gasteiger partial charge in [0.15, 0.2) is 11.4 Å². The zero-order valence-corrected chi connectivity index (χ0v) is 17.4. The van der Waals surface area contributed by atoms with Gasteiger partial charge in [-0.25, -0.2) is 4.68 Å². The smallest absolute Gasteiger partial charge is 0.161 e. The number of para-hydroxylation sites is 1. The highest BCUT2D eigenvalue weighted by Gasteiger charge is 2.16. The van der Waals surface area contributed by atoms with Crippen LogP contribution in [-0.2, 0) is 11.5 Å². The molecule has 6 nitrogen and oxygen atoms in total. The van der Waals surface area contributed by atoms with Crippen molar-refractivity contribution in [3.8, 4) is 11.5 Å². The van der Waals surface area contributed by atoms with Gasteiger partial charge in [0.05, 0.1) is 22.1 Å². The first kappa shape index (κ1) is 19.5. The average molecular weight is 404 g/mol. The van der Waals surface area contributed by atoms with Crippen molar-refractivity contribution in [2.24, 2.45) is 5.18 Å². The lowest BCUT2D eigenvalue weighted by molar-refractivity contribution is 0.0817. The standard InChI is InChI=1S/C19H22ClN3O3Si/c1-27(2,3)11-10-25-13-23-16-8-9-18(19(22-24)14(16)12-21-23)26-17-7-5-4-6-15(17)20/h4-9,12H,10-11,13H2,1-3H3. The van der Waals surface area contributed by atoms with Crippen molar-refractivity contribution in [3.63, 3.8) is 0 Å². The van der Waals surface area contributed by atoms with Gasteiger partial charge in [0.25, 0.3) is 0 Å². The molecule has 0 radical (unpaired) electrons. The van der Waals surface area contributed by atoms with E-state index in [1.807, 2.05) is 18.2 Å². The summed E-state index contributed by atoms with van der Waals surface area (Å²) < 4.78 is 13.3. The number of ether oxygens (including phenoxy) is 2. The van der Waals surface area contributed by atoms with Gasteiger partial charge in [-0.15, -0.1) is 4.91 Å². The summed E-state index contributed by atoms with van der Waals surface area (Å²) in [7, 11) is -1.14. The number of hydrogen-bond acceptors (Lipinski definition) is 5. The lowest BCUT2D eigenvalue weighted by Gasteiger charge is -2.15. The monoisotopic (exact) mass is 403 g/mol. The Kier molecular flexibility index (Phi) is 5.94. The molecule has 0 unspecified atom stereocenters. The molecule has 0 aliphatic heterocycles. The second-order valence-electron chi connectivity index (χ2n) is 7.46. The molecule has 2 aromatic carbocycles. The molecule has 1 heterocycles. The minimum atomic E-state index is -1.14. The van der Waals surface area contributed by atoms with Crippen molar-refractivity contribution in [2.45, 2.75) is 32.4 Å². The van der Waals surface area contributed by atoms with Crippen LogP contribution in [0.25, 0.3) is 10.9 Å². The second-order valence-corrected chi connectivity index (χ2v) is 13.5. The summed E-state index contributed by atoms with van der Waals surface area (Å²) >= 11 is 6.13. The summed E-state index contributed by atoms with van der Waals surface area (Å²) in [6, 6.07) is 11.7. The first-order valence-electron chi connectivity index (χ1n) is 8.71. The van der Waals surface area contributed by atoms with Crippen LogP contribution in [0.5, 0.6) is 11.5 Å². The molecular formula is C19H22ClN3O3Si. The van der Waals surface area contributed by atoms with E-state index < -0.39 is 8.07 Å². The molecule has 27 heavy (non-hydrogen) atoms. The largest absolute Gasteiger partial charge is 0.453 e. The van der Waals surface area contributed by atoms with Crippen LogP contribution in [0.4, 0.5) is 5.69 Å². The quantitative estimate of drug-likeness (QED) is 0.255. The molecule has 0 saturated carbocycles. The van der Waals surface area contributed by atoms with Crippen LogP contribution in [-0.4, -0.2) is 24.5 Å². The van der Waals surface area contributed by atoms with Crippen LogP contribution in [0.3, 0.4) is 0 Å². The third-order valence-corrected chi connectivity index (χ3v) is 6.14. The first-order valence-corrected chi connectivity index (χ1v) is 12.8. The molecule has 0 atom stereocenters. The number of fused-ring (bicyclic) bond motifs is 1. The van der Waals surface area contributed by atoms with Crippen LogP contribution in [0, 0.1) is 4.91 Å². The van der Waals surface area contributed by atoms with Crippen molar-refractivity contribution < 1.29 is 9.47 Å². The normalized spacial score (nSPS) is 11.7. The number of benzene rings is 2. The summed E-state index contributed by atoms with van der Waals surface area (Å²) in [6.07, 6.45) is 1.60. The van der Waals surface area contributed by atoms with E-state index in [9.17, 15) is 4.91 Å². The van der Waals surface area contributed by atoms with Gasteiger partial charge in [0, 0.05) is 14.7 Å². The average Bonchev–Trinajstić information content (AvgIpc) is 3.03. The van der Waals surface area contributed by atoms with Gasteiger partial charge in [-0.05, 0) is 35.5 Å². The number of halogens is 1. The lowest BCUT2D eigenvalue weighted by atomic mass is 10.2. The lowest BCUT2D eigenvalue weighted by Crippen LogP contribution is -2.22. The summed E-state index contributed by atoms with van der Waals surface area (Å²) in [4.78, 5) is 11.5. The molecule has 0 aliphatic carbocycles. The fourth-order valence-corrected chi connectivity index (χ4v) is 3.51. The number of aromatic nitrogens is 2. The molecule has 0 aliphatic rings. The van der Waals surface area contributed by atoms with Gasteiger partial charge in [-0.3, -0.25) is 0 Å². The van der Waals surface area contributed by atoms with Crippen molar-refractivity contribution in [2.75, 3.05) is 6.61 Å². The summed E-state index contributed by atoms with van der Waals surface area (Å²) in [5, 5.41) is 8.56. The Morgan fingerprint density at radius 1 is 1.15 bits per heavy atom. The minimum absolute atomic E-state index is 0.195. The molecule has 0 spiro atoms. The summed E-state index contributed by atoms with van der Waals surface area (Å²) in [6.45, 7) is 7.95. The molecule has 0 amide bonds. The highest BCUT2D eigenvalue weighted by atomic mass is 35.5. The van der Waals surface area contributed by atoms with Crippen molar-refractivity contribution in [1.29, 1.82) is 0 Å². The highest BCUT2D eigenvalue weighted by molar-refractivity contribution is 6.76. The Labute approximate surface area is 164 Å². The second kappa shape index (κ2) is 8.20. The van der Waals surface area contributed by atoms with E-state index in [1.54, 1.807) is 29.1 Å². The van der Waals surface area contributed by atoms with Gasteiger partial charge in [0.2, 0.25) is 0 Å². The Hall–Kier alpha value is -2.22. The molecule has 0 N–H and O–H groups in total. The van der Waals surface area contributed by atoms with E-state index in [0.29, 0.717) is 35.2 Å². The molecule has 8 heteroatoms. The molecule has 142 valence electrons. The fraction of sp³-hybridized carbons (Fsp3) is 0.316. The van der Waals surface area contributed by atoms with Gasteiger partial charge in [-0.1, -0.05) is 43.4 Å². The van der Waals surface area contributed by atoms with Crippen LogP contribution >= 0.6 is 11.6 Å². The number of hydrogen-bond donors (Lipinski definition) is 0. The van der Waals surface area contributed by atoms with E-state index >= 15 is 0 Å². The van der Waals surface area contributed by atoms with Crippen LogP contribution in [0.1, 0.15) is 0 Å². The predicted octanol–water partition coefficient (Wildman–Crippen LogP) is 6.19. The van der Waals surface area contributed by atoms with E-state index in [4.69, 9.17) is 21.1 Å². The summed E-state index contributed by atoms with van der Waals surface area (Å²) in [5.41, 5.74) is 0.963. The minimum Gasteiger partial charge on any atom is -0.453 e. The Balaban J connectivity index is 1.81. The van der Waals surface area contributed by atoms with Gasteiger partial charge in [0.1, 0.15) is 12.5 Å². The number of nitroso groups, excluding NO2 is 1. The topological polar surface area (TPSA) is 65.7 Å². The Morgan fingerprint density at radius 3 is 2.63 bits per heavy atom. The Bertz CT molecular complexity index is 953. The molecule has 1 aromatic heterocycles. The number of nitrogens with zero attached hydrogens (tertiary/aromatic N) is 3. The first-order chi connectivity index (χ1) is 12.9.